The van der Waals surface area contributed by atoms with Crippen molar-refractivity contribution >= 4 is 5.97 Å². The van der Waals surface area contributed by atoms with E-state index in [1.807, 2.05) is 30.3 Å². The number of nitro groups is 1. The summed E-state index contributed by atoms with van der Waals surface area (Å²) >= 11 is 0. The van der Waals surface area contributed by atoms with Crippen molar-refractivity contribution in [2.24, 2.45) is 0 Å². The molecule has 108 valence electrons. The van der Waals surface area contributed by atoms with Gasteiger partial charge < -0.3 is 4.74 Å². The fraction of sp³-hybridized carbons (Fsp3) is 0.308. The quantitative estimate of drug-likeness (QED) is 0.242. The molecule has 0 unspecified atom stereocenters. The van der Waals surface area contributed by atoms with E-state index in [2.05, 4.69) is 4.84 Å². The predicted octanol–water partition coefficient (Wildman–Crippen LogP) is 1.43. The van der Waals surface area contributed by atoms with Gasteiger partial charge in [0, 0.05) is 6.08 Å². The average molecular weight is 280 g/mol. The molecule has 0 radical (unpaired) electrons. The van der Waals surface area contributed by atoms with Gasteiger partial charge in [0.25, 0.3) is 0 Å². The van der Waals surface area contributed by atoms with Gasteiger partial charge in [0.15, 0.2) is 5.03 Å². The molecule has 0 aliphatic carbocycles. The minimum Gasteiger partial charge on any atom is -0.463 e. The smallest absolute Gasteiger partial charge is 0.330 e. The van der Waals surface area contributed by atoms with Crippen LogP contribution in [0.1, 0.15) is 12.0 Å². The van der Waals surface area contributed by atoms with Crippen molar-refractivity contribution in [1.29, 1.82) is 0 Å². The number of ether oxygens (including phenoxy) is 1. The van der Waals surface area contributed by atoms with Crippen LogP contribution >= 0.6 is 0 Å². The normalized spacial score (nSPS) is 10.4. The SMILES string of the molecule is O=C(C=CCON[N+](=O)[O-])OCCCc1ccccc1. The number of hydrogen-bond donors (Lipinski definition) is 1. The van der Waals surface area contributed by atoms with E-state index >= 15 is 0 Å². The van der Waals surface area contributed by atoms with E-state index in [0.717, 1.165) is 12.8 Å². The van der Waals surface area contributed by atoms with E-state index in [1.165, 1.54) is 23.3 Å². The van der Waals surface area contributed by atoms with Crippen molar-refractivity contribution < 1.29 is 19.4 Å². The molecule has 0 saturated carbocycles. The zero-order valence-electron chi connectivity index (χ0n) is 10.9. The number of aryl methyl sites for hydroxylation is 1. The first-order chi connectivity index (χ1) is 9.68. The highest BCUT2D eigenvalue weighted by Gasteiger charge is 1.98. The van der Waals surface area contributed by atoms with Gasteiger partial charge in [0.1, 0.15) is 0 Å². The number of esters is 1. The van der Waals surface area contributed by atoms with Crippen LogP contribution in [0.5, 0.6) is 0 Å². The van der Waals surface area contributed by atoms with Crippen molar-refractivity contribution in [3.8, 4) is 0 Å². The Morgan fingerprint density at radius 1 is 1.35 bits per heavy atom. The lowest BCUT2D eigenvalue weighted by Crippen LogP contribution is -2.21. The van der Waals surface area contributed by atoms with Crippen molar-refractivity contribution in [2.45, 2.75) is 12.8 Å². The fourth-order valence-electron chi connectivity index (χ4n) is 1.42. The lowest BCUT2D eigenvalue weighted by atomic mass is 10.1. The molecule has 7 nitrogen and oxygen atoms in total. The van der Waals surface area contributed by atoms with E-state index in [1.54, 1.807) is 0 Å². The summed E-state index contributed by atoms with van der Waals surface area (Å²) in [4.78, 5) is 25.5. The summed E-state index contributed by atoms with van der Waals surface area (Å²) in [5.74, 6) is -0.497. The lowest BCUT2D eigenvalue weighted by Gasteiger charge is -2.02. The third kappa shape index (κ3) is 7.83. The first-order valence-corrected chi connectivity index (χ1v) is 6.07. The summed E-state index contributed by atoms with van der Waals surface area (Å²) in [5.41, 5.74) is 2.70. The highest BCUT2D eigenvalue weighted by Crippen LogP contribution is 2.02. The van der Waals surface area contributed by atoms with Gasteiger partial charge in [0.2, 0.25) is 0 Å². The van der Waals surface area contributed by atoms with Crippen LogP contribution in [0.25, 0.3) is 0 Å². The van der Waals surface area contributed by atoms with E-state index in [9.17, 15) is 14.9 Å². The van der Waals surface area contributed by atoms with Crippen molar-refractivity contribution in [2.75, 3.05) is 13.2 Å². The van der Waals surface area contributed by atoms with Crippen molar-refractivity contribution in [3.63, 3.8) is 0 Å². The highest BCUT2D eigenvalue weighted by atomic mass is 16.8. The number of hydrogen-bond acceptors (Lipinski definition) is 5. The van der Waals surface area contributed by atoms with Gasteiger partial charge >= 0.3 is 5.97 Å². The molecule has 1 aromatic rings. The first-order valence-electron chi connectivity index (χ1n) is 6.07. The maximum Gasteiger partial charge on any atom is 0.330 e. The van der Waals surface area contributed by atoms with E-state index in [4.69, 9.17) is 4.74 Å². The van der Waals surface area contributed by atoms with Gasteiger partial charge in [-0.05, 0) is 30.1 Å². The van der Waals surface area contributed by atoms with Gasteiger partial charge in [-0.15, -0.1) is 0 Å². The Kier molecular flexibility index (Phi) is 7.44. The molecule has 0 saturated heterocycles. The molecule has 7 heteroatoms. The largest absolute Gasteiger partial charge is 0.463 e. The second-order valence-corrected chi connectivity index (χ2v) is 3.82. The Hall–Kier alpha value is -2.41. The number of hydrazine groups is 1. The van der Waals surface area contributed by atoms with Crippen LogP contribution in [0.2, 0.25) is 0 Å². The third-order valence-corrected chi connectivity index (χ3v) is 2.27. The van der Waals surface area contributed by atoms with Crippen LogP contribution in [0.3, 0.4) is 0 Å². The van der Waals surface area contributed by atoms with Crippen LogP contribution in [0.15, 0.2) is 42.5 Å². The average Bonchev–Trinajstić information content (AvgIpc) is 2.44. The van der Waals surface area contributed by atoms with E-state index in [0.29, 0.717) is 6.61 Å². The summed E-state index contributed by atoms with van der Waals surface area (Å²) in [6.45, 7) is 0.228. The van der Waals surface area contributed by atoms with Gasteiger partial charge in [-0.3, -0.25) is 0 Å². The molecule has 0 fully saturated rings. The third-order valence-electron chi connectivity index (χ3n) is 2.27. The lowest BCUT2D eigenvalue weighted by molar-refractivity contribution is -0.605. The van der Waals surface area contributed by atoms with Crippen molar-refractivity contribution in [1.82, 2.24) is 5.59 Å². The summed E-state index contributed by atoms with van der Waals surface area (Å²) in [6, 6.07) is 9.90. The molecular formula is C13H16N2O5. The van der Waals surface area contributed by atoms with Gasteiger partial charge in [-0.2, -0.15) is 0 Å². The van der Waals surface area contributed by atoms with Gasteiger partial charge in [-0.25, -0.2) is 19.7 Å². The number of nitrogens with zero attached hydrogens (tertiary/aromatic N) is 1. The first kappa shape index (κ1) is 15.6. The Balaban J connectivity index is 2.05. The Morgan fingerprint density at radius 2 is 2.10 bits per heavy atom. The Morgan fingerprint density at radius 3 is 2.80 bits per heavy atom. The van der Waals surface area contributed by atoms with E-state index in [-0.39, 0.29) is 6.61 Å². The second-order valence-electron chi connectivity index (χ2n) is 3.82. The number of rotatable bonds is 9. The number of nitrogens with one attached hydrogen (secondary N) is 1. The minimum absolute atomic E-state index is 0.0971. The molecule has 1 rings (SSSR count). The zero-order chi connectivity index (χ0) is 14.6. The molecule has 1 aromatic carbocycles. The second kappa shape index (κ2) is 9.51. The monoisotopic (exact) mass is 280 g/mol. The van der Waals surface area contributed by atoms with Crippen LogP contribution in [0.4, 0.5) is 0 Å². The molecule has 0 bridgehead atoms. The van der Waals surface area contributed by atoms with Crippen LogP contribution in [0, 0.1) is 10.1 Å². The van der Waals surface area contributed by atoms with Crippen LogP contribution in [-0.4, -0.2) is 24.2 Å². The summed E-state index contributed by atoms with van der Waals surface area (Å²) in [6.07, 6.45) is 4.08. The molecule has 0 aliphatic heterocycles. The maximum atomic E-state index is 11.2. The molecule has 0 aliphatic rings. The molecule has 0 heterocycles. The van der Waals surface area contributed by atoms with Crippen LogP contribution in [-0.2, 0) is 20.8 Å². The zero-order valence-corrected chi connectivity index (χ0v) is 10.9. The van der Waals surface area contributed by atoms with Gasteiger partial charge in [0.05, 0.1) is 13.2 Å². The molecule has 0 spiro atoms. The topological polar surface area (TPSA) is 90.7 Å². The minimum atomic E-state index is -0.838. The Labute approximate surface area is 116 Å². The summed E-state index contributed by atoms with van der Waals surface area (Å²) in [7, 11) is 0. The van der Waals surface area contributed by atoms with Crippen LogP contribution < -0.4 is 5.59 Å². The standard InChI is InChI=1S/C13H16N2O5/c16-13(9-5-11-20-14-15(17)18)19-10-4-8-12-6-2-1-3-7-12/h1-3,5-7,9,14H,4,8,10-11H2. The molecule has 0 amide bonds. The number of carbonyl (C=O) groups is 1. The molecular weight excluding hydrogens is 264 g/mol. The molecule has 20 heavy (non-hydrogen) atoms. The predicted molar refractivity (Wildman–Crippen MR) is 70.9 cm³/mol. The summed E-state index contributed by atoms with van der Waals surface area (Å²) < 4.78 is 4.96. The van der Waals surface area contributed by atoms with Crippen molar-refractivity contribution in [3.05, 3.63) is 58.2 Å². The highest BCUT2D eigenvalue weighted by molar-refractivity contribution is 5.81. The maximum absolute atomic E-state index is 11.2. The fourth-order valence-corrected chi connectivity index (χ4v) is 1.42. The molecule has 0 aromatic heterocycles. The molecule has 1 N–H and O–H groups in total. The Bertz CT molecular complexity index is 447. The van der Waals surface area contributed by atoms with E-state index < -0.39 is 11.0 Å². The number of carbonyl (C=O) groups excluding carboxylic acids is 1. The summed E-state index contributed by atoms with van der Waals surface area (Å²) in [5, 5.41) is 9.00. The molecule has 0 atom stereocenters. The number of benzene rings is 1. The van der Waals surface area contributed by atoms with Gasteiger partial charge in [-0.1, -0.05) is 30.3 Å².